The Morgan fingerprint density at radius 2 is 1.95 bits per heavy atom. The number of thioether (sulfide) groups is 1. The predicted octanol–water partition coefficient (Wildman–Crippen LogP) is 5.05. The van der Waals surface area contributed by atoms with E-state index in [1.54, 1.807) is 11.8 Å². The highest BCUT2D eigenvalue weighted by molar-refractivity contribution is 7.98. The number of aromatic nitrogens is 1. The third-order valence-electron chi connectivity index (χ3n) is 5.07. The van der Waals surface area contributed by atoms with E-state index in [0.717, 1.165) is 47.0 Å². The second-order valence-corrected chi connectivity index (χ2v) is 10.1. The average Bonchev–Trinajstić information content (AvgIpc) is 3.40. The molecule has 40 heavy (non-hydrogen) atoms. The Hall–Kier alpha value is -3.72. The number of nitriles is 1. The van der Waals surface area contributed by atoms with Gasteiger partial charge in [-0.05, 0) is 29.7 Å². The van der Waals surface area contributed by atoms with E-state index in [1.807, 2.05) is 78.3 Å². The van der Waals surface area contributed by atoms with Gasteiger partial charge in [0.25, 0.3) is 0 Å². The van der Waals surface area contributed by atoms with Gasteiger partial charge < -0.3 is 21.1 Å². The summed E-state index contributed by atoms with van der Waals surface area (Å²) in [4.78, 5) is 13.2. The van der Waals surface area contributed by atoms with Crippen molar-refractivity contribution in [3.63, 3.8) is 0 Å². The molecule has 0 saturated carbocycles. The molecule has 212 valence electrons. The van der Waals surface area contributed by atoms with Crippen LogP contribution in [-0.2, 0) is 12.4 Å². The molecule has 12 heteroatoms. The van der Waals surface area contributed by atoms with Gasteiger partial charge in [0.1, 0.15) is 12.4 Å². The number of aliphatic imine (C=N–C) groups is 2. The van der Waals surface area contributed by atoms with Crippen molar-refractivity contribution >= 4 is 58.6 Å². The molecule has 0 bridgehead atoms. The number of hydrogen-bond donors (Lipinski definition) is 4. The molecule has 0 aliphatic rings. The Balaban J connectivity index is 0.00000560. The van der Waals surface area contributed by atoms with E-state index in [9.17, 15) is 0 Å². The summed E-state index contributed by atoms with van der Waals surface area (Å²) in [7, 11) is 0. The van der Waals surface area contributed by atoms with Crippen molar-refractivity contribution < 1.29 is 4.74 Å². The zero-order valence-electron chi connectivity index (χ0n) is 22.4. The van der Waals surface area contributed by atoms with Crippen LogP contribution in [0.3, 0.4) is 0 Å². The number of nitrogens with one attached hydrogen (secondary N) is 3. The van der Waals surface area contributed by atoms with Gasteiger partial charge in [-0.15, -0.1) is 23.7 Å². The van der Waals surface area contributed by atoms with Crippen molar-refractivity contribution in [1.82, 2.24) is 20.9 Å². The number of benzene rings is 2. The fourth-order valence-electron chi connectivity index (χ4n) is 3.17. The zero-order valence-corrected chi connectivity index (χ0v) is 24.8. The van der Waals surface area contributed by atoms with Crippen molar-refractivity contribution in [3.8, 4) is 11.9 Å². The summed E-state index contributed by atoms with van der Waals surface area (Å²) < 4.78 is 5.83. The number of nitrogens with zero attached hydrogens (tertiary/aromatic N) is 4. The highest BCUT2D eigenvalue weighted by Crippen LogP contribution is 2.21. The lowest BCUT2D eigenvalue weighted by Gasteiger charge is -2.07. The Morgan fingerprint density at radius 1 is 1.15 bits per heavy atom. The first kappa shape index (κ1) is 32.5. The van der Waals surface area contributed by atoms with Gasteiger partial charge in [-0.3, -0.25) is 5.32 Å². The molecule has 0 amide bonds. The molecule has 0 unspecified atom stereocenters. The lowest BCUT2D eigenvalue weighted by molar-refractivity contribution is 0.306. The van der Waals surface area contributed by atoms with Gasteiger partial charge >= 0.3 is 0 Å². The number of halogens is 1. The second-order valence-electron chi connectivity index (χ2n) is 8.20. The first-order valence-electron chi connectivity index (χ1n) is 12.6. The Labute approximate surface area is 250 Å². The van der Waals surface area contributed by atoms with E-state index in [-0.39, 0.29) is 12.4 Å². The Bertz CT molecular complexity index is 1260. The number of nitrogens with two attached hydrogens (primary N) is 1. The van der Waals surface area contributed by atoms with Crippen LogP contribution in [0.4, 0.5) is 5.13 Å². The van der Waals surface area contributed by atoms with Crippen LogP contribution in [0, 0.1) is 11.5 Å². The topological polar surface area (TPSA) is 133 Å². The first-order valence-corrected chi connectivity index (χ1v) is 14.7. The molecule has 0 aliphatic carbocycles. The van der Waals surface area contributed by atoms with Gasteiger partial charge in [0, 0.05) is 30.0 Å². The van der Waals surface area contributed by atoms with Crippen molar-refractivity contribution in [2.45, 2.75) is 25.7 Å². The first-order chi connectivity index (χ1) is 19.2. The van der Waals surface area contributed by atoms with Crippen molar-refractivity contribution in [3.05, 3.63) is 82.9 Å². The normalized spacial score (nSPS) is 11.5. The summed E-state index contributed by atoms with van der Waals surface area (Å²) in [5.41, 5.74) is 8.99. The van der Waals surface area contributed by atoms with E-state index < -0.39 is 0 Å². The average molecular weight is 599 g/mol. The molecule has 0 aliphatic heterocycles. The van der Waals surface area contributed by atoms with Crippen LogP contribution in [0.15, 0.2) is 76.0 Å². The molecule has 3 aromatic rings. The summed E-state index contributed by atoms with van der Waals surface area (Å²) in [5, 5.41) is 20.5. The van der Waals surface area contributed by atoms with E-state index in [4.69, 9.17) is 15.7 Å². The van der Waals surface area contributed by atoms with Crippen LogP contribution in [0.1, 0.15) is 30.2 Å². The Kier molecular flexibility index (Phi) is 15.7. The van der Waals surface area contributed by atoms with Crippen LogP contribution >= 0.6 is 35.5 Å². The van der Waals surface area contributed by atoms with Crippen LogP contribution in [0.5, 0.6) is 5.75 Å². The maximum Gasteiger partial charge on any atom is 0.212 e. The van der Waals surface area contributed by atoms with Crippen molar-refractivity contribution in [2.24, 2.45) is 15.7 Å². The highest BCUT2D eigenvalue weighted by atomic mass is 35.5. The number of guanidine groups is 2. The van der Waals surface area contributed by atoms with E-state index >= 15 is 0 Å². The Morgan fingerprint density at radius 3 is 2.70 bits per heavy atom. The summed E-state index contributed by atoms with van der Waals surface area (Å²) >= 11 is 3.21. The fourth-order valence-corrected chi connectivity index (χ4v) is 4.72. The van der Waals surface area contributed by atoms with Gasteiger partial charge in [0.05, 0.1) is 12.2 Å². The molecule has 9 nitrogen and oxygen atoms in total. The summed E-state index contributed by atoms with van der Waals surface area (Å²) in [6.07, 6.45) is 6.85. The van der Waals surface area contributed by atoms with Crippen LogP contribution in [0.25, 0.3) is 6.08 Å². The number of rotatable bonds is 14. The molecular weight excluding hydrogens is 564 g/mol. The summed E-state index contributed by atoms with van der Waals surface area (Å²) in [6, 6.07) is 18.0. The number of ether oxygens (including phenoxy) is 1. The molecule has 1 heterocycles. The quantitative estimate of drug-likeness (QED) is 0.0666. The lowest BCUT2D eigenvalue weighted by atomic mass is 10.2. The lowest BCUT2D eigenvalue weighted by Crippen LogP contribution is -2.36. The molecule has 0 spiro atoms. The minimum atomic E-state index is 0. The van der Waals surface area contributed by atoms with Crippen LogP contribution in [0.2, 0.25) is 0 Å². The van der Waals surface area contributed by atoms with Gasteiger partial charge in [-0.1, -0.05) is 61.5 Å². The maximum absolute atomic E-state index is 9.03. The third kappa shape index (κ3) is 12.9. The number of hydrogen-bond acceptors (Lipinski definition) is 7. The van der Waals surface area contributed by atoms with Crippen LogP contribution < -0.4 is 26.4 Å². The van der Waals surface area contributed by atoms with Gasteiger partial charge in [-0.25, -0.2) is 9.98 Å². The predicted molar refractivity (Wildman–Crippen MR) is 170 cm³/mol. The molecule has 0 saturated heterocycles. The molecule has 3 rings (SSSR count). The maximum atomic E-state index is 9.03. The van der Waals surface area contributed by atoms with E-state index in [1.165, 1.54) is 11.3 Å². The minimum absolute atomic E-state index is 0. The van der Waals surface area contributed by atoms with Gasteiger partial charge in [0.15, 0.2) is 12.2 Å². The molecular formula is C28H35ClN8OS2. The van der Waals surface area contributed by atoms with E-state index in [2.05, 4.69) is 37.8 Å². The molecule has 2 aromatic carbocycles. The monoisotopic (exact) mass is 598 g/mol. The van der Waals surface area contributed by atoms with Crippen LogP contribution in [-0.4, -0.2) is 42.3 Å². The number of thiazole rings is 1. The molecule has 0 atom stereocenters. The molecule has 0 fully saturated rings. The zero-order chi connectivity index (χ0) is 27.5. The second kappa shape index (κ2) is 19.4. The minimum Gasteiger partial charge on any atom is -0.489 e. The SMILES string of the molecule is CCCNC(N)=Nc1nc(CSCCNC(=NCC=Cc2ccc(OCc3ccccc3)cc2)NC#N)cs1.Cl. The summed E-state index contributed by atoms with van der Waals surface area (Å²) in [6.45, 7) is 4.50. The third-order valence-corrected chi connectivity index (χ3v) is 6.84. The van der Waals surface area contributed by atoms with Gasteiger partial charge in [0.2, 0.25) is 11.1 Å². The van der Waals surface area contributed by atoms with Gasteiger partial charge in [-0.2, -0.15) is 22.0 Å². The van der Waals surface area contributed by atoms with Crippen molar-refractivity contribution in [2.75, 3.05) is 25.4 Å². The highest BCUT2D eigenvalue weighted by Gasteiger charge is 2.03. The van der Waals surface area contributed by atoms with E-state index in [0.29, 0.717) is 36.7 Å². The molecule has 0 radical (unpaired) electrons. The standard InChI is InChI=1S/C28H34N8OS2.ClH/c1-2-14-31-26(30)36-28-35-24(20-39-28)19-38-17-16-33-27(34-21-29)32-15-6-9-22-10-12-25(13-11-22)37-18-23-7-4-3-5-8-23;/h3-13,20H,2,14-19H2,1H3,(H2,32,33,34)(H3,30,31,35,36);1H. The fraction of sp³-hybridized carbons (Fsp3) is 0.286. The van der Waals surface area contributed by atoms with Crippen molar-refractivity contribution in [1.29, 1.82) is 5.26 Å². The molecule has 5 N–H and O–H groups in total. The summed E-state index contributed by atoms with van der Waals surface area (Å²) in [5.74, 6) is 3.27. The smallest absolute Gasteiger partial charge is 0.212 e. The molecule has 1 aromatic heterocycles. The largest absolute Gasteiger partial charge is 0.489 e.